The summed E-state index contributed by atoms with van der Waals surface area (Å²) in [6, 6.07) is 12.8. The summed E-state index contributed by atoms with van der Waals surface area (Å²) in [6.07, 6.45) is -0.923. The van der Waals surface area contributed by atoms with Crippen LogP contribution in [0, 0.1) is 0 Å². The lowest BCUT2D eigenvalue weighted by atomic mass is 10.2. The van der Waals surface area contributed by atoms with Gasteiger partial charge in [0, 0.05) is 7.05 Å². The number of sulfonamides is 1. The number of nitrogens with zero attached hydrogens (tertiary/aromatic N) is 1. The van der Waals surface area contributed by atoms with Crippen molar-refractivity contribution < 1.29 is 22.7 Å². The van der Waals surface area contributed by atoms with Crippen molar-refractivity contribution in [1.82, 2.24) is 5.32 Å². The van der Waals surface area contributed by atoms with E-state index in [0.717, 1.165) is 0 Å². The third-order valence-corrected chi connectivity index (χ3v) is 5.72. The molecular formula is C17H18N2O5S. The molecule has 0 fully saturated rings. The highest BCUT2D eigenvalue weighted by atomic mass is 32.2. The van der Waals surface area contributed by atoms with Gasteiger partial charge in [0.15, 0.2) is 6.10 Å². The number of carbonyl (C=O) groups excluding carboxylic acids is 1. The Morgan fingerprint density at radius 1 is 1.20 bits per heavy atom. The first-order chi connectivity index (χ1) is 12.0. The van der Waals surface area contributed by atoms with Crippen molar-refractivity contribution in [3.63, 3.8) is 0 Å². The summed E-state index contributed by atoms with van der Waals surface area (Å²) in [6.45, 7) is -0.106. The van der Waals surface area contributed by atoms with E-state index in [1.807, 2.05) is 0 Å². The summed E-state index contributed by atoms with van der Waals surface area (Å²) in [5.41, 5.74) is 0.401. The smallest absolute Gasteiger partial charge is 0.264 e. The molecule has 1 heterocycles. The molecule has 3 rings (SSSR count). The highest BCUT2D eigenvalue weighted by molar-refractivity contribution is 7.92. The van der Waals surface area contributed by atoms with Crippen molar-refractivity contribution in [2.24, 2.45) is 0 Å². The molecule has 8 heteroatoms. The van der Waals surface area contributed by atoms with Crippen LogP contribution in [-0.2, 0) is 14.8 Å². The van der Waals surface area contributed by atoms with E-state index >= 15 is 0 Å². The predicted molar refractivity (Wildman–Crippen MR) is 92.5 cm³/mol. The molecule has 0 radical (unpaired) electrons. The molecule has 1 atom stereocenters. The van der Waals surface area contributed by atoms with Crippen LogP contribution in [0.2, 0.25) is 0 Å². The second-order valence-corrected chi connectivity index (χ2v) is 7.26. The SMILES string of the molecule is CNC(=O)C1CN(S(=O)(=O)c2ccc(OC)cc2)c2ccccc2O1. The second kappa shape index (κ2) is 6.64. The minimum atomic E-state index is -3.86. The van der Waals surface area contributed by atoms with Gasteiger partial charge < -0.3 is 14.8 Å². The number of anilines is 1. The summed E-state index contributed by atoms with van der Waals surface area (Å²) >= 11 is 0. The van der Waals surface area contributed by atoms with Crippen LogP contribution in [0.4, 0.5) is 5.69 Å². The van der Waals surface area contributed by atoms with Crippen LogP contribution in [0.25, 0.3) is 0 Å². The quantitative estimate of drug-likeness (QED) is 0.889. The first-order valence-corrected chi connectivity index (χ1v) is 9.05. The van der Waals surface area contributed by atoms with Crippen LogP contribution in [0.1, 0.15) is 0 Å². The summed E-state index contributed by atoms with van der Waals surface area (Å²) in [5.74, 6) is 0.522. The fourth-order valence-corrected chi connectivity index (χ4v) is 4.08. The van der Waals surface area contributed by atoms with Gasteiger partial charge >= 0.3 is 0 Å². The maximum atomic E-state index is 13.1. The normalized spacial score (nSPS) is 16.6. The number of likely N-dealkylation sites (N-methyl/N-ethyl adjacent to an activating group) is 1. The molecule has 25 heavy (non-hydrogen) atoms. The summed E-state index contributed by atoms with van der Waals surface area (Å²) in [7, 11) is -0.867. The molecule has 1 N–H and O–H groups in total. The van der Waals surface area contributed by atoms with Crippen LogP contribution in [0.3, 0.4) is 0 Å². The zero-order chi connectivity index (χ0) is 18.0. The van der Waals surface area contributed by atoms with E-state index in [2.05, 4.69) is 5.32 Å². The number of nitrogens with one attached hydrogen (secondary N) is 1. The largest absolute Gasteiger partial charge is 0.497 e. The Morgan fingerprint density at radius 3 is 2.52 bits per heavy atom. The Hall–Kier alpha value is -2.74. The monoisotopic (exact) mass is 362 g/mol. The minimum Gasteiger partial charge on any atom is -0.497 e. The van der Waals surface area contributed by atoms with Crippen LogP contribution in [0.5, 0.6) is 11.5 Å². The minimum absolute atomic E-state index is 0.106. The molecule has 7 nitrogen and oxygen atoms in total. The average Bonchev–Trinajstić information content (AvgIpc) is 2.66. The molecule has 0 saturated carbocycles. The topological polar surface area (TPSA) is 84.9 Å². The van der Waals surface area contributed by atoms with Gasteiger partial charge in [-0.15, -0.1) is 0 Å². The number of amides is 1. The molecule has 132 valence electrons. The van der Waals surface area contributed by atoms with Crippen LogP contribution < -0.4 is 19.1 Å². The predicted octanol–water partition coefficient (Wildman–Crippen LogP) is 1.40. The zero-order valence-electron chi connectivity index (χ0n) is 13.8. The molecule has 0 aromatic heterocycles. The Labute approximate surface area is 146 Å². The van der Waals surface area contributed by atoms with Gasteiger partial charge in [0.25, 0.3) is 15.9 Å². The number of para-hydroxylation sites is 2. The van der Waals surface area contributed by atoms with Crippen LogP contribution in [-0.4, -0.2) is 41.1 Å². The van der Waals surface area contributed by atoms with Crippen molar-refractivity contribution in [1.29, 1.82) is 0 Å². The van der Waals surface area contributed by atoms with Gasteiger partial charge in [-0.25, -0.2) is 8.42 Å². The van der Waals surface area contributed by atoms with Crippen molar-refractivity contribution in [3.05, 3.63) is 48.5 Å². The van der Waals surface area contributed by atoms with Gasteiger partial charge in [-0.3, -0.25) is 9.10 Å². The maximum absolute atomic E-state index is 13.1. The molecule has 1 unspecified atom stereocenters. The van der Waals surface area contributed by atoms with Crippen LogP contribution >= 0.6 is 0 Å². The summed E-state index contributed by atoms with van der Waals surface area (Å²) in [5, 5.41) is 2.49. The fraction of sp³-hybridized carbons (Fsp3) is 0.235. The number of hydrogen-bond donors (Lipinski definition) is 1. The first kappa shape index (κ1) is 17.1. The molecule has 2 aromatic carbocycles. The third kappa shape index (κ3) is 3.12. The fourth-order valence-electron chi connectivity index (χ4n) is 2.60. The van der Waals surface area contributed by atoms with Gasteiger partial charge in [-0.05, 0) is 36.4 Å². The van der Waals surface area contributed by atoms with E-state index in [0.29, 0.717) is 17.2 Å². The third-order valence-electron chi connectivity index (χ3n) is 3.92. The number of rotatable bonds is 4. The molecule has 1 aliphatic rings. The maximum Gasteiger partial charge on any atom is 0.264 e. The molecule has 1 amide bonds. The number of fused-ring (bicyclic) bond motifs is 1. The van der Waals surface area contributed by atoms with Crippen molar-refractivity contribution >= 4 is 21.6 Å². The molecule has 1 aliphatic heterocycles. The van der Waals surface area contributed by atoms with Gasteiger partial charge in [0.2, 0.25) is 0 Å². The molecule has 0 spiro atoms. The Bertz CT molecular complexity index is 880. The van der Waals surface area contributed by atoms with E-state index in [4.69, 9.17) is 9.47 Å². The summed E-state index contributed by atoms with van der Waals surface area (Å²) < 4.78 is 38.1. The lowest BCUT2D eigenvalue weighted by molar-refractivity contribution is -0.127. The average molecular weight is 362 g/mol. The summed E-state index contributed by atoms with van der Waals surface area (Å²) in [4.78, 5) is 12.1. The highest BCUT2D eigenvalue weighted by Gasteiger charge is 2.37. The zero-order valence-corrected chi connectivity index (χ0v) is 14.6. The van der Waals surface area contributed by atoms with Gasteiger partial charge in [-0.2, -0.15) is 0 Å². The van der Waals surface area contributed by atoms with Gasteiger partial charge in [0.05, 0.1) is 24.2 Å². The van der Waals surface area contributed by atoms with E-state index in [1.54, 1.807) is 36.4 Å². The highest BCUT2D eigenvalue weighted by Crippen LogP contribution is 2.36. The Kier molecular flexibility index (Phi) is 4.54. The lowest BCUT2D eigenvalue weighted by Gasteiger charge is -2.34. The van der Waals surface area contributed by atoms with E-state index in [1.165, 1.54) is 30.6 Å². The number of benzene rings is 2. The number of ether oxygens (including phenoxy) is 2. The molecule has 2 aromatic rings. The first-order valence-electron chi connectivity index (χ1n) is 7.61. The van der Waals surface area contributed by atoms with E-state index < -0.39 is 16.1 Å². The second-order valence-electron chi connectivity index (χ2n) is 5.40. The van der Waals surface area contributed by atoms with Crippen LogP contribution in [0.15, 0.2) is 53.4 Å². The lowest BCUT2D eigenvalue weighted by Crippen LogP contribution is -2.50. The van der Waals surface area contributed by atoms with E-state index in [-0.39, 0.29) is 17.3 Å². The number of hydrogen-bond acceptors (Lipinski definition) is 5. The molecule has 0 aliphatic carbocycles. The van der Waals surface area contributed by atoms with Crippen molar-refractivity contribution in [3.8, 4) is 11.5 Å². The van der Waals surface area contributed by atoms with Crippen molar-refractivity contribution in [2.45, 2.75) is 11.0 Å². The number of carbonyl (C=O) groups is 1. The van der Waals surface area contributed by atoms with E-state index in [9.17, 15) is 13.2 Å². The molecule has 0 bridgehead atoms. The number of methoxy groups -OCH3 is 1. The Morgan fingerprint density at radius 2 is 1.88 bits per heavy atom. The van der Waals surface area contributed by atoms with Gasteiger partial charge in [0.1, 0.15) is 11.5 Å². The molecule has 0 saturated heterocycles. The van der Waals surface area contributed by atoms with Crippen molar-refractivity contribution in [2.75, 3.05) is 25.0 Å². The van der Waals surface area contributed by atoms with Gasteiger partial charge in [-0.1, -0.05) is 12.1 Å². The standard InChI is InChI=1S/C17H18N2O5S/c1-18-17(20)16-11-19(14-5-3-4-6-15(14)24-16)25(21,22)13-9-7-12(23-2)8-10-13/h3-10,16H,11H2,1-2H3,(H,18,20). The Balaban J connectivity index is 2.05. The molecular weight excluding hydrogens is 344 g/mol.